The van der Waals surface area contributed by atoms with Crippen molar-refractivity contribution in [1.29, 1.82) is 5.26 Å². The summed E-state index contributed by atoms with van der Waals surface area (Å²) in [6.07, 6.45) is -4.50. The number of benzene rings is 2. The molecule has 6 nitrogen and oxygen atoms in total. The maximum atomic E-state index is 12.8. The van der Waals surface area contributed by atoms with Gasteiger partial charge >= 0.3 is 6.18 Å². The Bertz CT molecular complexity index is 1020. The van der Waals surface area contributed by atoms with Crippen molar-refractivity contribution in [2.45, 2.75) is 24.0 Å². The Labute approximate surface area is 166 Å². The number of hydrogen-bond acceptors (Lipinski definition) is 5. The quantitative estimate of drug-likeness (QED) is 0.797. The first kappa shape index (κ1) is 21.3. The molecule has 154 valence electrons. The number of hydrogen-bond donors (Lipinski definition) is 1. The molecule has 1 N–H and O–H groups in total. The van der Waals surface area contributed by atoms with Crippen molar-refractivity contribution in [1.82, 2.24) is 9.79 Å². The van der Waals surface area contributed by atoms with E-state index < -0.39 is 33.1 Å². The Hall–Kier alpha value is -2.45. The van der Waals surface area contributed by atoms with Crippen LogP contribution in [0.4, 0.5) is 13.2 Å². The Balaban J connectivity index is 1.78. The van der Waals surface area contributed by atoms with Crippen molar-refractivity contribution in [3.8, 4) is 6.07 Å². The second-order valence-corrected chi connectivity index (χ2v) is 8.61. The van der Waals surface area contributed by atoms with Gasteiger partial charge in [-0.15, -0.1) is 0 Å². The molecule has 0 spiro atoms. The molecule has 0 unspecified atom stereocenters. The van der Waals surface area contributed by atoms with Gasteiger partial charge in [-0.1, -0.05) is 30.3 Å². The first-order valence-electron chi connectivity index (χ1n) is 8.62. The van der Waals surface area contributed by atoms with Gasteiger partial charge in [0.25, 0.3) is 0 Å². The summed E-state index contributed by atoms with van der Waals surface area (Å²) in [6, 6.07) is 12.4. The number of nitrogens with one attached hydrogen (secondary N) is 1. The molecule has 0 aromatic heterocycles. The second kappa shape index (κ2) is 8.12. The molecule has 1 fully saturated rings. The number of sulfonamides is 1. The van der Waals surface area contributed by atoms with Crippen LogP contribution in [0.15, 0.2) is 48.5 Å². The van der Waals surface area contributed by atoms with E-state index in [2.05, 4.69) is 4.72 Å². The van der Waals surface area contributed by atoms with Crippen LogP contribution in [-0.4, -0.2) is 32.4 Å². The van der Waals surface area contributed by atoms with Crippen LogP contribution in [-0.2, 0) is 27.6 Å². The summed E-state index contributed by atoms with van der Waals surface area (Å²) >= 11 is 0. The molecule has 2 atom stereocenters. The van der Waals surface area contributed by atoms with Crippen molar-refractivity contribution in [3.05, 3.63) is 70.8 Å². The number of nitriles is 1. The summed E-state index contributed by atoms with van der Waals surface area (Å²) in [7, 11) is -2.31. The Kier molecular flexibility index (Phi) is 5.95. The third-order valence-electron chi connectivity index (χ3n) is 4.70. The second-order valence-electron chi connectivity index (χ2n) is 6.62. The maximum Gasteiger partial charge on any atom is 0.416 e. The van der Waals surface area contributed by atoms with Crippen LogP contribution in [0, 0.1) is 11.3 Å². The van der Waals surface area contributed by atoms with Gasteiger partial charge in [0.2, 0.25) is 10.0 Å². The minimum Gasteiger partial charge on any atom is -0.297 e. The first-order chi connectivity index (χ1) is 13.6. The van der Waals surface area contributed by atoms with Gasteiger partial charge in [-0.25, -0.2) is 13.1 Å². The summed E-state index contributed by atoms with van der Waals surface area (Å²) in [6.45, 7) is -0.369. The lowest BCUT2D eigenvalue weighted by molar-refractivity contribution is -0.137. The number of alkyl halides is 3. The summed E-state index contributed by atoms with van der Waals surface area (Å²) in [4.78, 5) is 5.39. The van der Waals surface area contributed by atoms with Crippen LogP contribution >= 0.6 is 0 Å². The molecule has 0 radical (unpaired) electrons. The standard InChI is InChI=1S/C19H18F3N3O3S/c1-25-18(15-7-5-13(10-23)6-8-15)17(12-28-25)29(26,27)24-11-14-3-2-4-16(9-14)19(20,21)22/h2-9,17-18,24H,11-12H2,1H3/t17-,18+/m0/s1. The van der Waals surface area contributed by atoms with E-state index in [1.807, 2.05) is 6.07 Å². The molecule has 29 heavy (non-hydrogen) atoms. The Morgan fingerprint density at radius 3 is 2.55 bits per heavy atom. The Morgan fingerprint density at radius 1 is 1.24 bits per heavy atom. The van der Waals surface area contributed by atoms with Crippen molar-refractivity contribution in [2.75, 3.05) is 13.7 Å². The molecule has 2 aromatic carbocycles. The van der Waals surface area contributed by atoms with Gasteiger partial charge in [-0.2, -0.15) is 23.5 Å². The maximum absolute atomic E-state index is 12.8. The topological polar surface area (TPSA) is 82.4 Å². The molecule has 0 aliphatic carbocycles. The molecule has 0 bridgehead atoms. The van der Waals surface area contributed by atoms with Gasteiger partial charge in [0.05, 0.1) is 29.8 Å². The summed E-state index contributed by atoms with van der Waals surface area (Å²) < 4.78 is 66.6. The minimum atomic E-state index is -4.50. The van der Waals surface area contributed by atoms with Crippen LogP contribution < -0.4 is 4.72 Å². The average molecular weight is 425 g/mol. The van der Waals surface area contributed by atoms with E-state index >= 15 is 0 Å². The fourth-order valence-corrected chi connectivity index (χ4v) is 4.67. The third-order valence-corrected chi connectivity index (χ3v) is 6.44. The van der Waals surface area contributed by atoms with Gasteiger partial charge < -0.3 is 0 Å². The number of hydroxylamine groups is 2. The first-order valence-corrected chi connectivity index (χ1v) is 10.2. The molecule has 2 aromatic rings. The highest BCUT2D eigenvalue weighted by Crippen LogP contribution is 2.34. The zero-order valence-electron chi connectivity index (χ0n) is 15.3. The number of rotatable bonds is 5. The largest absolute Gasteiger partial charge is 0.416 e. The zero-order chi connectivity index (χ0) is 21.2. The van der Waals surface area contributed by atoms with Gasteiger partial charge in [0.1, 0.15) is 5.25 Å². The van der Waals surface area contributed by atoms with Gasteiger partial charge in [-0.05, 0) is 29.3 Å². The molecular formula is C19H18F3N3O3S. The van der Waals surface area contributed by atoms with Crippen LogP contribution in [0.25, 0.3) is 0 Å². The molecular weight excluding hydrogens is 407 g/mol. The molecule has 10 heteroatoms. The lowest BCUT2D eigenvalue weighted by Gasteiger charge is -2.23. The molecule has 1 aliphatic rings. The zero-order valence-corrected chi connectivity index (χ0v) is 16.2. The van der Waals surface area contributed by atoms with Crippen molar-refractivity contribution in [2.24, 2.45) is 0 Å². The van der Waals surface area contributed by atoms with Gasteiger partial charge in [-0.3, -0.25) is 4.84 Å². The van der Waals surface area contributed by atoms with Crippen molar-refractivity contribution >= 4 is 10.0 Å². The molecule has 3 rings (SSSR count). The normalized spacial score (nSPS) is 20.5. The predicted molar refractivity (Wildman–Crippen MR) is 98.6 cm³/mol. The van der Waals surface area contributed by atoms with Crippen molar-refractivity contribution in [3.63, 3.8) is 0 Å². The van der Waals surface area contributed by atoms with Gasteiger partial charge in [0.15, 0.2) is 0 Å². The lowest BCUT2D eigenvalue weighted by Crippen LogP contribution is -2.39. The fraction of sp³-hybridized carbons (Fsp3) is 0.316. The highest BCUT2D eigenvalue weighted by molar-refractivity contribution is 7.90. The van der Waals surface area contributed by atoms with E-state index in [1.165, 1.54) is 17.2 Å². The van der Waals surface area contributed by atoms with E-state index in [-0.39, 0.29) is 18.7 Å². The smallest absolute Gasteiger partial charge is 0.297 e. The minimum absolute atomic E-state index is 0.0981. The van der Waals surface area contributed by atoms with Crippen LogP contribution in [0.1, 0.15) is 28.3 Å². The highest BCUT2D eigenvalue weighted by atomic mass is 32.2. The highest BCUT2D eigenvalue weighted by Gasteiger charge is 2.43. The third kappa shape index (κ3) is 4.76. The number of halogens is 3. The lowest BCUT2D eigenvalue weighted by atomic mass is 10.0. The Morgan fingerprint density at radius 2 is 1.93 bits per heavy atom. The monoisotopic (exact) mass is 425 g/mol. The molecule has 1 heterocycles. The summed E-state index contributed by atoms with van der Waals surface area (Å²) in [5, 5.41) is 9.37. The van der Waals surface area contributed by atoms with Crippen LogP contribution in [0.2, 0.25) is 0 Å². The van der Waals surface area contributed by atoms with E-state index in [4.69, 9.17) is 10.1 Å². The number of nitrogens with zero attached hydrogens (tertiary/aromatic N) is 2. The SMILES string of the molecule is CN1OC[C@H](S(=O)(=O)NCc2cccc(C(F)(F)F)c2)[C@H]1c1ccc(C#N)cc1. The van der Waals surface area contributed by atoms with Crippen LogP contribution in [0.3, 0.4) is 0 Å². The molecule has 0 amide bonds. The van der Waals surface area contributed by atoms with E-state index in [0.29, 0.717) is 11.1 Å². The van der Waals surface area contributed by atoms with Crippen molar-refractivity contribution < 1.29 is 26.4 Å². The summed E-state index contributed by atoms with van der Waals surface area (Å²) in [5.41, 5.74) is 0.454. The molecule has 1 aliphatic heterocycles. The fourth-order valence-electron chi connectivity index (χ4n) is 3.18. The predicted octanol–water partition coefficient (Wildman–Crippen LogP) is 2.98. The summed E-state index contributed by atoms with van der Waals surface area (Å²) in [5.74, 6) is 0. The van der Waals surface area contributed by atoms with E-state index in [1.54, 1.807) is 31.3 Å². The van der Waals surface area contributed by atoms with E-state index in [9.17, 15) is 21.6 Å². The van der Waals surface area contributed by atoms with E-state index in [0.717, 1.165) is 12.1 Å². The average Bonchev–Trinajstić information content (AvgIpc) is 3.08. The molecule has 1 saturated heterocycles. The molecule has 0 saturated carbocycles. The van der Waals surface area contributed by atoms with Crippen LogP contribution in [0.5, 0.6) is 0 Å². The van der Waals surface area contributed by atoms with Gasteiger partial charge in [0, 0.05) is 13.6 Å².